The zero-order valence-electron chi connectivity index (χ0n) is 10.3. The molecule has 0 unspecified atom stereocenters. The number of hydrogen-bond donors (Lipinski definition) is 1. The second-order valence-corrected chi connectivity index (χ2v) is 7.31. The summed E-state index contributed by atoms with van der Waals surface area (Å²) < 4.78 is 26.4. The molecule has 0 saturated carbocycles. The van der Waals surface area contributed by atoms with Crippen LogP contribution in [0.4, 0.5) is 0 Å². The van der Waals surface area contributed by atoms with Gasteiger partial charge in [-0.05, 0) is 20.8 Å². The van der Waals surface area contributed by atoms with Gasteiger partial charge in [-0.15, -0.1) is 0 Å². The van der Waals surface area contributed by atoms with Crippen molar-refractivity contribution in [2.24, 2.45) is 5.16 Å². The average molecular weight is 283 g/mol. The van der Waals surface area contributed by atoms with Gasteiger partial charge >= 0.3 is 5.97 Å². The third-order valence-electron chi connectivity index (χ3n) is 2.16. The molecule has 1 N–H and O–H groups in total. The van der Waals surface area contributed by atoms with Gasteiger partial charge < -0.3 is 9.94 Å². The maximum Gasteiger partial charge on any atom is 0.316 e. The lowest BCUT2D eigenvalue weighted by atomic mass is 10.2. The minimum Gasteiger partial charge on any atom is -0.465 e. The van der Waals surface area contributed by atoms with Crippen LogP contribution in [0.5, 0.6) is 0 Å². The summed E-state index contributed by atoms with van der Waals surface area (Å²) in [5.74, 6) is -0.574. The lowest BCUT2D eigenvalue weighted by Gasteiger charge is -2.22. The highest BCUT2D eigenvalue weighted by Gasteiger charge is 2.37. The maximum absolute atomic E-state index is 11.5. The molecule has 6 nitrogen and oxygen atoms in total. The third kappa shape index (κ3) is 4.55. The predicted molar refractivity (Wildman–Crippen MR) is 67.2 cm³/mol. The molecule has 0 amide bonds. The summed E-state index contributed by atoms with van der Waals surface area (Å²) in [6.07, 6.45) is 1.04. The van der Waals surface area contributed by atoms with Gasteiger partial charge in [-0.2, -0.15) is 0 Å². The smallest absolute Gasteiger partial charge is 0.316 e. The van der Waals surface area contributed by atoms with Crippen molar-refractivity contribution in [3.05, 3.63) is 0 Å². The first kappa shape index (κ1) is 16.2. The average Bonchev–Trinajstić information content (AvgIpc) is 2.16. The number of rotatable bonds is 5. The number of nitrogens with zero attached hydrogens (tertiary/aromatic N) is 1. The maximum atomic E-state index is 11.5. The summed E-state index contributed by atoms with van der Waals surface area (Å²) in [4.78, 5) is 11.1. The molecule has 8 heteroatoms. The number of thioether (sulfide) groups is 1. The van der Waals surface area contributed by atoms with Crippen LogP contribution in [0.25, 0.3) is 0 Å². The molecular formula is C9H17NO5S2. The van der Waals surface area contributed by atoms with Gasteiger partial charge in [-0.25, -0.2) is 8.42 Å². The number of sulfone groups is 1. The number of ether oxygens (including phenoxy) is 1. The molecule has 0 rings (SSSR count). The first-order chi connectivity index (χ1) is 7.66. The third-order valence-corrected chi connectivity index (χ3v) is 5.59. The van der Waals surface area contributed by atoms with E-state index >= 15 is 0 Å². The Kier molecular flexibility index (Phi) is 5.97. The van der Waals surface area contributed by atoms with Gasteiger partial charge in [0.2, 0.25) is 0 Å². The quantitative estimate of drug-likeness (QED) is 0.265. The van der Waals surface area contributed by atoms with Gasteiger partial charge in [0.15, 0.2) is 9.84 Å². The fraction of sp³-hybridized carbons (Fsp3) is 0.778. The normalized spacial score (nSPS) is 13.5. The van der Waals surface area contributed by atoms with E-state index in [4.69, 9.17) is 5.21 Å². The molecule has 0 saturated heterocycles. The van der Waals surface area contributed by atoms with E-state index in [0.29, 0.717) is 0 Å². The Balaban J connectivity index is 4.74. The fourth-order valence-corrected chi connectivity index (χ4v) is 2.54. The molecule has 0 heterocycles. The second kappa shape index (κ2) is 6.25. The van der Waals surface area contributed by atoms with Crippen LogP contribution < -0.4 is 0 Å². The first-order valence-electron chi connectivity index (χ1n) is 4.87. The van der Waals surface area contributed by atoms with Gasteiger partial charge in [0, 0.05) is 6.26 Å². The Morgan fingerprint density at radius 3 is 2.35 bits per heavy atom. The molecule has 0 atom stereocenters. The van der Waals surface area contributed by atoms with Crippen LogP contribution in [0.3, 0.4) is 0 Å². The lowest BCUT2D eigenvalue weighted by molar-refractivity contribution is -0.139. The summed E-state index contributed by atoms with van der Waals surface area (Å²) in [6, 6.07) is 0. The first-order valence-corrected chi connectivity index (χ1v) is 7.75. The van der Waals surface area contributed by atoms with Crippen molar-refractivity contribution in [1.29, 1.82) is 0 Å². The van der Waals surface area contributed by atoms with Gasteiger partial charge in [-0.1, -0.05) is 16.9 Å². The number of oxime groups is 1. The van der Waals surface area contributed by atoms with Crippen LogP contribution in [-0.4, -0.2) is 48.0 Å². The van der Waals surface area contributed by atoms with E-state index in [1.165, 1.54) is 13.8 Å². The molecule has 0 aliphatic rings. The number of carbonyl (C=O) groups is 1. The van der Waals surface area contributed by atoms with Crippen LogP contribution in [-0.2, 0) is 19.4 Å². The molecule has 0 spiro atoms. The van der Waals surface area contributed by atoms with Crippen molar-refractivity contribution in [2.45, 2.75) is 25.5 Å². The highest BCUT2D eigenvalue weighted by atomic mass is 32.2. The lowest BCUT2D eigenvalue weighted by Crippen LogP contribution is -2.38. The molecule has 17 heavy (non-hydrogen) atoms. The number of carbonyl (C=O) groups excluding carboxylic acids is 1. The summed E-state index contributed by atoms with van der Waals surface area (Å²) in [6.45, 7) is 4.75. The largest absolute Gasteiger partial charge is 0.465 e. The van der Waals surface area contributed by atoms with Gasteiger partial charge in [0.25, 0.3) is 0 Å². The molecule has 0 aliphatic carbocycles. The van der Waals surface area contributed by atoms with Crippen LogP contribution >= 0.6 is 11.8 Å². The topological polar surface area (TPSA) is 93.0 Å². The monoisotopic (exact) mass is 283 g/mol. The molecule has 0 radical (unpaired) electrons. The molecule has 0 aromatic heterocycles. The molecule has 0 bridgehead atoms. The van der Waals surface area contributed by atoms with Crippen LogP contribution in [0, 0.1) is 0 Å². The Bertz CT molecular complexity index is 400. The molecule has 100 valence electrons. The van der Waals surface area contributed by atoms with E-state index in [9.17, 15) is 13.2 Å². The Morgan fingerprint density at radius 2 is 2.00 bits per heavy atom. The van der Waals surface area contributed by atoms with Crippen LogP contribution in [0.2, 0.25) is 0 Å². The van der Waals surface area contributed by atoms with E-state index in [2.05, 4.69) is 9.89 Å². The standard InChI is InChI=1S/C9H17NO5S2/c1-5-15-7(11)6-16-8(10-12)9(2,3)17(4,13)14/h12H,5-6H2,1-4H3. The molecule has 0 aromatic carbocycles. The van der Waals surface area contributed by atoms with Gasteiger partial charge in [-0.3, -0.25) is 4.79 Å². The zero-order valence-corrected chi connectivity index (χ0v) is 11.9. The van der Waals surface area contributed by atoms with Gasteiger partial charge in [0.1, 0.15) is 9.79 Å². The van der Waals surface area contributed by atoms with E-state index in [-0.39, 0.29) is 17.4 Å². The summed E-state index contributed by atoms with van der Waals surface area (Å²) >= 11 is 0.850. The minimum absolute atomic E-state index is 0.0342. The van der Waals surface area contributed by atoms with E-state index in [0.717, 1.165) is 18.0 Å². The van der Waals surface area contributed by atoms with Crippen molar-refractivity contribution in [3.63, 3.8) is 0 Å². The summed E-state index contributed by atoms with van der Waals surface area (Å²) in [7, 11) is -3.44. The van der Waals surface area contributed by atoms with E-state index in [1.807, 2.05) is 0 Å². The van der Waals surface area contributed by atoms with E-state index < -0.39 is 20.6 Å². The van der Waals surface area contributed by atoms with Crippen LogP contribution in [0.15, 0.2) is 5.16 Å². The summed E-state index contributed by atoms with van der Waals surface area (Å²) in [5.41, 5.74) is 0. The fourth-order valence-electron chi connectivity index (χ4n) is 0.812. The molecule has 0 aliphatic heterocycles. The Morgan fingerprint density at radius 1 is 1.47 bits per heavy atom. The SMILES string of the molecule is CCOC(=O)CSC(=NO)C(C)(C)S(C)(=O)=O. The molecule has 0 aromatic rings. The Labute approximate surface area is 105 Å². The number of esters is 1. The number of hydrogen-bond acceptors (Lipinski definition) is 7. The Hall–Kier alpha value is -0.760. The highest BCUT2D eigenvalue weighted by molar-refractivity contribution is 8.16. The van der Waals surface area contributed by atoms with Crippen LogP contribution in [0.1, 0.15) is 20.8 Å². The van der Waals surface area contributed by atoms with Gasteiger partial charge in [0.05, 0.1) is 12.4 Å². The zero-order chi connectivity index (χ0) is 13.7. The van der Waals surface area contributed by atoms with E-state index in [1.54, 1.807) is 6.92 Å². The minimum atomic E-state index is -3.44. The predicted octanol–water partition coefficient (Wildman–Crippen LogP) is 0.894. The summed E-state index contributed by atoms with van der Waals surface area (Å²) in [5, 5.41) is 11.7. The van der Waals surface area contributed by atoms with Crippen molar-refractivity contribution in [3.8, 4) is 0 Å². The highest BCUT2D eigenvalue weighted by Crippen LogP contribution is 2.24. The second-order valence-electron chi connectivity index (χ2n) is 3.78. The van der Waals surface area contributed by atoms with Crippen molar-refractivity contribution >= 4 is 32.6 Å². The van der Waals surface area contributed by atoms with Crippen molar-refractivity contribution < 1.29 is 23.2 Å². The van der Waals surface area contributed by atoms with Crippen molar-refractivity contribution in [1.82, 2.24) is 0 Å². The molecule has 0 fully saturated rings. The molecular weight excluding hydrogens is 266 g/mol. The van der Waals surface area contributed by atoms with Crippen molar-refractivity contribution in [2.75, 3.05) is 18.6 Å².